The topological polar surface area (TPSA) is 78.6 Å². The first-order valence-corrected chi connectivity index (χ1v) is 12.3. The van der Waals surface area contributed by atoms with Crippen molar-refractivity contribution in [2.45, 2.75) is 66.2 Å². The lowest BCUT2D eigenvalue weighted by Gasteiger charge is -2.39. The average Bonchev–Trinajstić information content (AvgIpc) is 3.00. The lowest BCUT2D eigenvalue weighted by Crippen LogP contribution is -2.48. The van der Waals surface area contributed by atoms with Gasteiger partial charge in [0.25, 0.3) is 11.5 Å². The van der Waals surface area contributed by atoms with Crippen LogP contribution in [0.3, 0.4) is 0 Å². The molecule has 2 fully saturated rings. The van der Waals surface area contributed by atoms with Crippen LogP contribution in [0.4, 0.5) is 5.82 Å². The lowest BCUT2D eigenvalue weighted by atomic mass is 10.0. The maximum atomic E-state index is 13.1. The highest BCUT2D eigenvalue weighted by atomic mass is 32.2. The van der Waals surface area contributed by atoms with Crippen molar-refractivity contribution in [3.05, 3.63) is 31.9 Å². The minimum atomic E-state index is -0.304. The summed E-state index contributed by atoms with van der Waals surface area (Å²) < 4.78 is 8.08. The van der Waals surface area contributed by atoms with E-state index in [1.165, 1.54) is 11.8 Å². The Hall–Kier alpha value is -2.15. The monoisotopic (exact) mass is 474 g/mol. The Bertz CT molecular complexity index is 1050. The number of hydrogen-bond donors (Lipinski definition) is 0. The van der Waals surface area contributed by atoms with Crippen molar-refractivity contribution in [3.63, 3.8) is 0 Å². The molecule has 2 unspecified atom stereocenters. The molecule has 2 saturated heterocycles. The molecule has 0 saturated carbocycles. The molecule has 9 heteroatoms. The van der Waals surface area contributed by atoms with E-state index < -0.39 is 0 Å². The van der Waals surface area contributed by atoms with Crippen LogP contribution in [-0.2, 0) is 16.1 Å². The molecule has 2 aliphatic heterocycles. The summed E-state index contributed by atoms with van der Waals surface area (Å²) in [5.41, 5.74) is 1.11. The van der Waals surface area contributed by atoms with Gasteiger partial charge in [-0.25, -0.2) is 0 Å². The van der Waals surface area contributed by atoms with Gasteiger partial charge in [-0.15, -0.1) is 0 Å². The molecule has 2 atom stereocenters. The summed E-state index contributed by atoms with van der Waals surface area (Å²) in [7, 11) is 0. The van der Waals surface area contributed by atoms with Crippen molar-refractivity contribution in [2.24, 2.45) is 0 Å². The van der Waals surface area contributed by atoms with Gasteiger partial charge in [0.2, 0.25) is 0 Å². The van der Waals surface area contributed by atoms with Crippen molar-refractivity contribution in [1.29, 1.82) is 5.26 Å². The normalized spacial score (nSPS) is 22.7. The minimum Gasteiger partial charge on any atom is -0.372 e. The Balaban J connectivity index is 2.20. The fraction of sp³-hybridized carbons (Fsp3) is 0.565. The zero-order valence-electron chi connectivity index (χ0n) is 19.3. The van der Waals surface area contributed by atoms with Crippen LogP contribution in [0.2, 0.25) is 0 Å². The van der Waals surface area contributed by atoms with Crippen LogP contribution >= 0.6 is 24.0 Å². The van der Waals surface area contributed by atoms with Gasteiger partial charge in [-0.1, -0.05) is 37.3 Å². The molecule has 0 bridgehead atoms. The molecule has 0 aromatic carbocycles. The van der Waals surface area contributed by atoms with Gasteiger partial charge >= 0.3 is 0 Å². The molecule has 0 spiro atoms. The third-order valence-electron chi connectivity index (χ3n) is 5.77. The van der Waals surface area contributed by atoms with Gasteiger partial charge in [-0.05, 0) is 45.8 Å². The number of thiocarbonyl (C=S) groups is 1. The number of aromatic nitrogens is 1. The SMILES string of the molecule is CCCCN1C(=O)C(=Cc2c(C)c(C#N)c(=O)n(CC)c2N2CC(C)OC(C)C2)SC1=S. The number of carbonyl (C=O) groups excluding carboxylic acids is 1. The molecule has 2 aliphatic rings. The summed E-state index contributed by atoms with van der Waals surface area (Å²) in [5.74, 6) is 0.616. The van der Waals surface area contributed by atoms with Crippen molar-refractivity contribution in [2.75, 3.05) is 24.5 Å². The number of nitriles is 1. The zero-order valence-corrected chi connectivity index (χ0v) is 20.9. The molecule has 32 heavy (non-hydrogen) atoms. The number of thioether (sulfide) groups is 1. The number of ether oxygens (including phenoxy) is 1. The van der Waals surface area contributed by atoms with E-state index in [-0.39, 0.29) is 29.2 Å². The van der Waals surface area contributed by atoms with Crippen LogP contribution in [0.15, 0.2) is 9.70 Å². The predicted molar refractivity (Wildman–Crippen MR) is 133 cm³/mol. The lowest BCUT2D eigenvalue weighted by molar-refractivity contribution is -0.122. The van der Waals surface area contributed by atoms with Gasteiger partial charge in [-0.2, -0.15) is 5.26 Å². The molecule has 1 amide bonds. The Morgan fingerprint density at radius 2 is 1.91 bits per heavy atom. The van der Waals surface area contributed by atoms with Crippen molar-refractivity contribution < 1.29 is 9.53 Å². The smallest absolute Gasteiger partial charge is 0.270 e. The quantitative estimate of drug-likeness (QED) is 0.460. The van der Waals surface area contributed by atoms with E-state index in [1.54, 1.807) is 16.4 Å². The summed E-state index contributed by atoms with van der Waals surface area (Å²) in [6.07, 6.45) is 3.66. The van der Waals surface area contributed by atoms with E-state index >= 15 is 0 Å². The number of morpholine rings is 1. The van der Waals surface area contributed by atoms with Crippen LogP contribution in [0.5, 0.6) is 0 Å². The fourth-order valence-corrected chi connectivity index (χ4v) is 5.56. The van der Waals surface area contributed by atoms with E-state index in [0.717, 1.165) is 24.2 Å². The van der Waals surface area contributed by atoms with E-state index in [0.29, 0.717) is 41.0 Å². The number of amides is 1. The maximum absolute atomic E-state index is 13.1. The van der Waals surface area contributed by atoms with Crippen molar-refractivity contribution >= 4 is 46.1 Å². The van der Waals surface area contributed by atoms with Gasteiger partial charge in [0.05, 0.1) is 17.1 Å². The molecule has 3 heterocycles. The van der Waals surface area contributed by atoms with Crippen LogP contribution < -0.4 is 10.5 Å². The largest absolute Gasteiger partial charge is 0.372 e. The van der Waals surface area contributed by atoms with Crippen LogP contribution in [-0.4, -0.2) is 51.5 Å². The number of nitrogens with zero attached hydrogens (tertiary/aromatic N) is 4. The standard InChI is InChI=1S/C23H30N4O3S2/c1-6-8-9-27-22(29)19(32-23(27)31)10-17-16(5)18(11-24)21(28)26(7-2)20(17)25-12-14(3)30-15(4)13-25/h10,14-15H,6-9,12-13H2,1-5H3. The molecule has 172 valence electrons. The number of rotatable bonds is 6. The Labute approximate surface area is 199 Å². The highest BCUT2D eigenvalue weighted by Gasteiger charge is 2.33. The zero-order chi connectivity index (χ0) is 23.6. The first-order valence-electron chi connectivity index (χ1n) is 11.1. The predicted octanol–water partition coefficient (Wildman–Crippen LogP) is 3.66. The van der Waals surface area contributed by atoms with Crippen molar-refractivity contribution in [1.82, 2.24) is 9.47 Å². The van der Waals surface area contributed by atoms with Gasteiger partial charge in [0, 0.05) is 31.7 Å². The summed E-state index contributed by atoms with van der Waals surface area (Å²) in [6, 6.07) is 2.07. The van der Waals surface area contributed by atoms with Crippen LogP contribution in [0.1, 0.15) is 57.2 Å². The summed E-state index contributed by atoms with van der Waals surface area (Å²) in [5, 5.41) is 9.70. The van der Waals surface area contributed by atoms with Gasteiger partial charge < -0.3 is 9.64 Å². The minimum absolute atomic E-state index is 0.00443. The maximum Gasteiger partial charge on any atom is 0.270 e. The Kier molecular flexibility index (Phi) is 7.80. The third-order valence-corrected chi connectivity index (χ3v) is 7.14. The molecule has 0 aliphatic carbocycles. The van der Waals surface area contributed by atoms with E-state index in [2.05, 4.69) is 17.9 Å². The molecule has 1 aromatic heterocycles. The summed E-state index contributed by atoms with van der Waals surface area (Å²) in [6.45, 7) is 12.0. The molecule has 7 nitrogen and oxygen atoms in total. The third kappa shape index (κ3) is 4.63. The highest BCUT2D eigenvalue weighted by molar-refractivity contribution is 8.26. The second-order valence-corrected chi connectivity index (χ2v) is 9.92. The number of unbranched alkanes of at least 4 members (excludes halogenated alkanes) is 1. The van der Waals surface area contributed by atoms with Gasteiger partial charge in [0.1, 0.15) is 21.8 Å². The second-order valence-electron chi connectivity index (χ2n) is 8.25. The van der Waals surface area contributed by atoms with Crippen molar-refractivity contribution in [3.8, 4) is 6.07 Å². The Morgan fingerprint density at radius 3 is 2.47 bits per heavy atom. The summed E-state index contributed by atoms with van der Waals surface area (Å²) in [4.78, 5) is 30.5. The number of hydrogen-bond acceptors (Lipinski definition) is 7. The number of carbonyl (C=O) groups is 1. The molecule has 1 aromatic rings. The second kappa shape index (κ2) is 10.2. The first kappa shape index (κ1) is 24.5. The fourth-order valence-electron chi connectivity index (χ4n) is 4.27. The molecule has 0 radical (unpaired) electrons. The molecular formula is C23H30N4O3S2. The average molecular weight is 475 g/mol. The van der Waals surface area contributed by atoms with Crippen LogP contribution in [0.25, 0.3) is 6.08 Å². The van der Waals surface area contributed by atoms with Gasteiger partial charge in [-0.3, -0.25) is 19.1 Å². The molecule has 3 rings (SSSR count). The van der Waals surface area contributed by atoms with E-state index in [9.17, 15) is 14.9 Å². The Morgan fingerprint density at radius 1 is 1.25 bits per heavy atom. The summed E-state index contributed by atoms with van der Waals surface area (Å²) >= 11 is 6.74. The first-order chi connectivity index (χ1) is 15.2. The van der Waals surface area contributed by atoms with Gasteiger partial charge in [0.15, 0.2) is 0 Å². The molecular weight excluding hydrogens is 444 g/mol. The number of anilines is 1. The van der Waals surface area contributed by atoms with Crippen LogP contribution in [0, 0.1) is 18.3 Å². The van der Waals surface area contributed by atoms with E-state index in [4.69, 9.17) is 17.0 Å². The van der Waals surface area contributed by atoms with E-state index in [1.807, 2.05) is 26.8 Å². The highest BCUT2D eigenvalue weighted by Crippen LogP contribution is 2.36. The molecule has 0 N–H and O–H groups in total. The number of pyridine rings is 1.